The predicted molar refractivity (Wildman–Crippen MR) is 70.6 cm³/mol. The van der Waals surface area contributed by atoms with Crippen molar-refractivity contribution in [3.8, 4) is 12.3 Å². The third kappa shape index (κ3) is 4.29. The highest BCUT2D eigenvalue weighted by Gasteiger charge is 2.08. The SMILES string of the molecule is C#CC(C)NC(C)c1cccc(NC(C)=O)c1. The molecule has 3 nitrogen and oxygen atoms in total. The summed E-state index contributed by atoms with van der Waals surface area (Å²) >= 11 is 0. The van der Waals surface area contributed by atoms with Crippen LogP contribution in [0.25, 0.3) is 0 Å². The molecule has 1 aromatic carbocycles. The van der Waals surface area contributed by atoms with Crippen LogP contribution in [0.2, 0.25) is 0 Å². The van der Waals surface area contributed by atoms with E-state index in [-0.39, 0.29) is 18.0 Å². The first-order valence-electron chi connectivity index (χ1n) is 5.62. The number of nitrogens with one attached hydrogen (secondary N) is 2. The Kier molecular flexibility index (Phi) is 4.74. The largest absolute Gasteiger partial charge is 0.326 e. The molecule has 0 bridgehead atoms. The van der Waals surface area contributed by atoms with Gasteiger partial charge in [0, 0.05) is 18.7 Å². The number of rotatable bonds is 4. The van der Waals surface area contributed by atoms with Crippen molar-refractivity contribution in [2.24, 2.45) is 0 Å². The maximum atomic E-state index is 11.0. The Morgan fingerprint density at radius 3 is 2.71 bits per heavy atom. The van der Waals surface area contributed by atoms with Crippen LogP contribution >= 0.6 is 0 Å². The standard InChI is InChI=1S/C14H18N2O/c1-5-10(2)15-11(3)13-7-6-8-14(9-13)16-12(4)17/h1,6-11,15H,2-4H3,(H,16,17). The van der Waals surface area contributed by atoms with Gasteiger partial charge in [-0.1, -0.05) is 18.1 Å². The van der Waals surface area contributed by atoms with E-state index in [1.807, 2.05) is 38.1 Å². The van der Waals surface area contributed by atoms with Crippen LogP contribution in [0.4, 0.5) is 5.69 Å². The van der Waals surface area contributed by atoms with Crippen LogP contribution in [0.1, 0.15) is 32.4 Å². The van der Waals surface area contributed by atoms with Gasteiger partial charge < -0.3 is 5.32 Å². The van der Waals surface area contributed by atoms with Gasteiger partial charge in [-0.25, -0.2) is 0 Å². The molecule has 0 heterocycles. The second-order valence-electron chi connectivity index (χ2n) is 4.08. The lowest BCUT2D eigenvalue weighted by molar-refractivity contribution is -0.114. The van der Waals surface area contributed by atoms with Gasteiger partial charge in [-0.05, 0) is 31.5 Å². The highest BCUT2D eigenvalue weighted by molar-refractivity contribution is 5.88. The van der Waals surface area contributed by atoms with E-state index in [1.165, 1.54) is 6.92 Å². The van der Waals surface area contributed by atoms with Gasteiger partial charge in [0.15, 0.2) is 0 Å². The number of amides is 1. The Bertz CT molecular complexity index is 434. The van der Waals surface area contributed by atoms with Gasteiger partial charge in [-0.15, -0.1) is 6.42 Å². The quantitative estimate of drug-likeness (QED) is 0.779. The predicted octanol–water partition coefficient (Wildman–Crippen LogP) is 2.32. The molecule has 1 aromatic rings. The second kappa shape index (κ2) is 6.07. The number of hydrogen-bond acceptors (Lipinski definition) is 2. The van der Waals surface area contributed by atoms with Crippen molar-refractivity contribution in [1.82, 2.24) is 5.32 Å². The average molecular weight is 230 g/mol. The van der Waals surface area contributed by atoms with Crippen molar-refractivity contribution in [3.05, 3.63) is 29.8 Å². The van der Waals surface area contributed by atoms with Gasteiger partial charge in [0.2, 0.25) is 5.91 Å². The summed E-state index contributed by atoms with van der Waals surface area (Å²) in [5.41, 5.74) is 1.90. The molecule has 1 amide bonds. The Morgan fingerprint density at radius 2 is 2.12 bits per heavy atom. The Balaban J connectivity index is 2.77. The maximum absolute atomic E-state index is 11.0. The smallest absolute Gasteiger partial charge is 0.221 e. The first-order valence-corrected chi connectivity index (χ1v) is 5.62. The number of carbonyl (C=O) groups excluding carboxylic acids is 1. The molecule has 0 saturated carbocycles. The molecule has 17 heavy (non-hydrogen) atoms. The number of benzene rings is 1. The number of hydrogen-bond donors (Lipinski definition) is 2. The molecule has 0 fully saturated rings. The van der Waals surface area contributed by atoms with Crippen molar-refractivity contribution >= 4 is 11.6 Å². The van der Waals surface area contributed by atoms with E-state index in [0.717, 1.165) is 11.3 Å². The zero-order valence-electron chi connectivity index (χ0n) is 10.4. The Labute approximate surface area is 103 Å². The van der Waals surface area contributed by atoms with E-state index in [0.29, 0.717) is 0 Å². The van der Waals surface area contributed by atoms with Crippen molar-refractivity contribution in [2.45, 2.75) is 32.9 Å². The van der Waals surface area contributed by atoms with E-state index < -0.39 is 0 Å². The van der Waals surface area contributed by atoms with Crippen LogP contribution < -0.4 is 10.6 Å². The van der Waals surface area contributed by atoms with Gasteiger partial charge in [-0.3, -0.25) is 10.1 Å². The first-order chi connectivity index (χ1) is 8.02. The van der Waals surface area contributed by atoms with Gasteiger partial charge in [0.1, 0.15) is 0 Å². The summed E-state index contributed by atoms with van der Waals surface area (Å²) in [6, 6.07) is 7.90. The van der Waals surface area contributed by atoms with E-state index in [4.69, 9.17) is 6.42 Å². The van der Waals surface area contributed by atoms with E-state index in [2.05, 4.69) is 16.6 Å². The third-order valence-electron chi connectivity index (χ3n) is 2.46. The van der Waals surface area contributed by atoms with Crippen LogP contribution in [0.15, 0.2) is 24.3 Å². The lowest BCUT2D eigenvalue weighted by Crippen LogP contribution is -2.27. The average Bonchev–Trinajstić information content (AvgIpc) is 2.28. The maximum Gasteiger partial charge on any atom is 0.221 e. The molecule has 2 atom stereocenters. The van der Waals surface area contributed by atoms with E-state index in [9.17, 15) is 4.79 Å². The van der Waals surface area contributed by atoms with Crippen molar-refractivity contribution < 1.29 is 4.79 Å². The van der Waals surface area contributed by atoms with Gasteiger partial charge >= 0.3 is 0 Å². The molecule has 1 rings (SSSR count). The van der Waals surface area contributed by atoms with Crippen LogP contribution in [0.5, 0.6) is 0 Å². The molecular formula is C14H18N2O. The number of anilines is 1. The van der Waals surface area contributed by atoms with Crippen LogP contribution in [0, 0.1) is 12.3 Å². The van der Waals surface area contributed by atoms with Gasteiger partial charge in [-0.2, -0.15) is 0 Å². The Hall–Kier alpha value is -1.79. The van der Waals surface area contributed by atoms with Crippen molar-refractivity contribution in [2.75, 3.05) is 5.32 Å². The molecule has 0 aliphatic rings. The minimum Gasteiger partial charge on any atom is -0.326 e. The zero-order chi connectivity index (χ0) is 12.8. The number of terminal acetylenes is 1. The molecular weight excluding hydrogens is 212 g/mol. The van der Waals surface area contributed by atoms with Crippen LogP contribution in [-0.4, -0.2) is 11.9 Å². The summed E-state index contributed by atoms with van der Waals surface area (Å²) < 4.78 is 0. The van der Waals surface area contributed by atoms with E-state index >= 15 is 0 Å². The number of carbonyl (C=O) groups is 1. The van der Waals surface area contributed by atoms with Crippen LogP contribution in [0.3, 0.4) is 0 Å². The minimum atomic E-state index is -0.0697. The molecule has 90 valence electrons. The summed E-state index contributed by atoms with van der Waals surface area (Å²) in [4.78, 5) is 11.0. The third-order valence-corrected chi connectivity index (χ3v) is 2.46. The molecule has 0 aliphatic carbocycles. The monoisotopic (exact) mass is 230 g/mol. The molecule has 0 spiro atoms. The highest BCUT2D eigenvalue weighted by Crippen LogP contribution is 2.17. The summed E-state index contributed by atoms with van der Waals surface area (Å²) in [6.07, 6.45) is 5.32. The molecule has 0 aromatic heterocycles. The van der Waals surface area contributed by atoms with E-state index in [1.54, 1.807) is 0 Å². The summed E-state index contributed by atoms with van der Waals surface area (Å²) in [5, 5.41) is 6.04. The lowest BCUT2D eigenvalue weighted by Gasteiger charge is -2.17. The summed E-state index contributed by atoms with van der Waals surface area (Å²) in [5.74, 6) is 2.56. The molecule has 0 radical (unpaired) electrons. The highest BCUT2D eigenvalue weighted by atomic mass is 16.1. The molecule has 2 N–H and O–H groups in total. The van der Waals surface area contributed by atoms with Gasteiger partial charge in [0.05, 0.1) is 6.04 Å². The molecule has 0 aliphatic heterocycles. The normalized spacial score (nSPS) is 13.5. The van der Waals surface area contributed by atoms with Crippen molar-refractivity contribution in [3.63, 3.8) is 0 Å². The lowest BCUT2D eigenvalue weighted by atomic mass is 10.1. The topological polar surface area (TPSA) is 41.1 Å². The fourth-order valence-corrected chi connectivity index (χ4v) is 1.61. The Morgan fingerprint density at radius 1 is 1.41 bits per heavy atom. The van der Waals surface area contributed by atoms with Gasteiger partial charge in [0.25, 0.3) is 0 Å². The molecule has 0 saturated heterocycles. The summed E-state index contributed by atoms with van der Waals surface area (Å²) in [6.45, 7) is 5.48. The fraction of sp³-hybridized carbons (Fsp3) is 0.357. The first kappa shape index (κ1) is 13.3. The molecule has 2 unspecified atom stereocenters. The zero-order valence-corrected chi connectivity index (χ0v) is 10.4. The summed E-state index contributed by atoms with van der Waals surface area (Å²) in [7, 11) is 0. The minimum absolute atomic E-state index is 0.0226. The van der Waals surface area contributed by atoms with Crippen molar-refractivity contribution in [1.29, 1.82) is 0 Å². The molecule has 3 heteroatoms. The van der Waals surface area contributed by atoms with Crippen LogP contribution in [-0.2, 0) is 4.79 Å². The second-order valence-corrected chi connectivity index (χ2v) is 4.08. The fourth-order valence-electron chi connectivity index (χ4n) is 1.61.